The monoisotopic (exact) mass is 321 g/mol. The Hall–Kier alpha value is -1.98. The molecule has 6 nitrogen and oxygen atoms in total. The number of nitrogens with one attached hydrogen (secondary N) is 1. The van der Waals surface area contributed by atoms with Crippen LogP contribution in [0.25, 0.3) is 0 Å². The van der Waals surface area contributed by atoms with E-state index in [1.54, 1.807) is 13.3 Å². The molecule has 0 radical (unpaired) electrons. The zero-order valence-corrected chi connectivity index (χ0v) is 14.5. The van der Waals surface area contributed by atoms with Crippen LogP contribution in [0.4, 0.5) is 10.5 Å². The number of piperidine rings is 1. The standard InChI is InChI=1S/C17H27N3O3/c1-17(2,3)23-16(21)20-10-6-7-13(12-20)11-19-14-8-5-9-18-15(14)22-4/h5,8-9,13,19H,6-7,10-12H2,1-4H3. The number of hydrogen-bond acceptors (Lipinski definition) is 5. The lowest BCUT2D eigenvalue weighted by Crippen LogP contribution is -2.44. The van der Waals surface area contributed by atoms with Gasteiger partial charge in [-0.25, -0.2) is 9.78 Å². The highest BCUT2D eigenvalue weighted by Crippen LogP contribution is 2.23. The van der Waals surface area contributed by atoms with E-state index in [9.17, 15) is 4.79 Å². The third-order valence-electron chi connectivity index (χ3n) is 3.72. The third-order valence-corrected chi connectivity index (χ3v) is 3.72. The number of carbonyl (C=O) groups is 1. The largest absolute Gasteiger partial charge is 0.480 e. The number of anilines is 1. The number of rotatable bonds is 4. The van der Waals surface area contributed by atoms with E-state index in [0.29, 0.717) is 18.3 Å². The lowest BCUT2D eigenvalue weighted by Gasteiger charge is -2.34. The van der Waals surface area contributed by atoms with Gasteiger partial charge in [0.1, 0.15) is 5.60 Å². The number of pyridine rings is 1. The van der Waals surface area contributed by atoms with Gasteiger partial charge in [-0.1, -0.05) is 0 Å². The van der Waals surface area contributed by atoms with Crippen LogP contribution in [0.2, 0.25) is 0 Å². The molecule has 1 fully saturated rings. The van der Waals surface area contributed by atoms with Crippen LogP contribution in [0.5, 0.6) is 5.88 Å². The number of aromatic nitrogens is 1. The maximum absolute atomic E-state index is 12.2. The molecule has 128 valence electrons. The Bertz CT molecular complexity index is 528. The first-order valence-electron chi connectivity index (χ1n) is 8.10. The first kappa shape index (κ1) is 17.4. The average molecular weight is 321 g/mol. The Labute approximate surface area is 138 Å². The summed E-state index contributed by atoms with van der Waals surface area (Å²) in [5.41, 5.74) is 0.426. The topological polar surface area (TPSA) is 63.7 Å². The van der Waals surface area contributed by atoms with Crippen LogP contribution in [0.15, 0.2) is 18.3 Å². The molecule has 1 saturated heterocycles. The maximum atomic E-state index is 12.2. The summed E-state index contributed by atoms with van der Waals surface area (Å²) in [6.45, 7) is 7.93. The van der Waals surface area contributed by atoms with E-state index in [1.807, 2.05) is 37.8 Å². The highest BCUT2D eigenvalue weighted by atomic mass is 16.6. The molecule has 2 rings (SSSR count). The van der Waals surface area contributed by atoms with Gasteiger partial charge in [-0.2, -0.15) is 0 Å². The molecule has 0 bridgehead atoms. The van der Waals surface area contributed by atoms with Crippen molar-refractivity contribution in [3.05, 3.63) is 18.3 Å². The first-order valence-corrected chi connectivity index (χ1v) is 8.10. The second-order valence-corrected chi connectivity index (χ2v) is 6.88. The molecule has 0 aliphatic carbocycles. The summed E-state index contributed by atoms with van der Waals surface area (Å²) in [6, 6.07) is 3.82. The van der Waals surface area contributed by atoms with Gasteiger partial charge in [0.2, 0.25) is 5.88 Å². The zero-order valence-electron chi connectivity index (χ0n) is 14.5. The smallest absolute Gasteiger partial charge is 0.410 e. The fourth-order valence-corrected chi connectivity index (χ4v) is 2.67. The van der Waals surface area contributed by atoms with Crippen LogP contribution in [-0.2, 0) is 4.74 Å². The van der Waals surface area contributed by atoms with Gasteiger partial charge in [-0.05, 0) is 51.7 Å². The third kappa shape index (κ3) is 5.30. The van der Waals surface area contributed by atoms with E-state index < -0.39 is 5.60 Å². The minimum Gasteiger partial charge on any atom is -0.480 e. The molecule has 1 atom stereocenters. The number of hydrogen-bond donors (Lipinski definition) is 1. The fraction of sp³-hybridized carbons (Fsp3) is 0.647. The van der Waals surface area contributed by atoms with Gasteiger partial charge in [-0.15, -0.1) is 0 Å². The van der Waals surface area contributed by atoms with E-state index in [4.69, 9.17) is 9.47 Å². The number of ether oxygens (including phenoxy) is 2. The molecule has 0 spiro atoms. The number of nitrogens with zero attached hydrogens (tertiary/aromatic N) is 2. The van der Waals surface area contributed by atoms with Crippen molar-refractivity contribution in [2.45, 2.75) is 39.2 Å². The van der Waals surface area contributed by atoms with Crippen molar-refractivity contribution >= 4 is 11.8 Å². The summed E-state index contributed by atoms with van der Waals surface area (Å²) in [4.78, 5) is 18.2. The lowest BCUT2D eigenvalue weighted by molar-refractivity contribution is 0.0172. The van der Waals surface area contributed by atoms with E-state index in [2.05, 4.69) is 10.3 Å². The molecule has 2 heterocycles. The Morgan fingerprint density at radius 2 is 2.26 bits per heavy atom. The number of methoxy groups -OCH3 is 1. The maximum Gasteiger partial charge on any atom is 0.410 e. The van der Waals surface area contributed by atoms with Gasteiger partial charge in [-0.3, -0.25) is 0 Å². The Kier molecular flexibility index (Phi) is 5.69. The van der Waals surface area contributed by atoms with Gasteiger partial charge in [0, 0.05) is 25.8 Å². The van der Waals surface area contributed by atoms with Crippen LogP contribution >= 0.6 is 0 Å². The van der Waals surface area contributed by atoms with Gasteiger partial charge in [0.15, 0.2) is 0 Å². The molecule has 0 saturated carbocycles. The predicted molar refractivity (Wildman–Crippen MR) is 89.8 cm³/mol. The predicted octanol–water partition coefficient (Wildman–Crippen LogP) is 3.15. The van der Waals surface area contributed by atoms with Gasteiger partial charge >= 0.3 is 6.09 Å². The molecule has 1 aliphatic heterocycles. The van der Waals surface area contributed by atoms with Crippen molar-refractivity contribution in [1.29, 1.82) is 0 Å². The number of likely N-dealkylation sites (tertiary alicyclic amines) is 1. The molecule has 6 heteroatoms. The Balaban J connectivity index is 1.88. The molecule has 1 aromatic rings. The van der Waals surface area contributed by atoms with Crippen molar-refractivity contribution in [3.63, 3.8) is 0 Å². The van der Waals surface area contributed by atoms with E-state index >= 15 is 0 Å². The number of amides is 1. The van der Waals surface area contributed by atoms with E-state index in [-0.39, 0.29) is 6.09 Å². The van der Waals surface area contributed by atoms with Crippen LogP contribution in [0.1, 0.15) is 33.6 Å². The fourth-order valence-electron chi connectivity index (χ4n) is 2.67. The summed E-state index contributed by atoms with van der Waals surface area (Å²) in [6.07, 6.45) is 3.57. The van der Waals surface area contributed by atoms with Gasteiger partial charge < -0.3 is 19.7 Å². The molecule has 1 N–H and O–H groups in total. The molecule has 0 aromatic carbocycles. The summed E-state index contributed by atoms with van der Waals surface area (Å²) in [7, 11) is 1.61. The van der Waals surface area contributed by atoms with Crippen molar-refractivity contribution in [2.75, 3.05) is 32.1 Å². The first-order chi connectivity index (χ1) is 10.9. The number of carbonyl (C=O) groups excluding carboxylic acids is 1. The van der Waals surface area contributed by atoms with Crippen LogP contribution in [0, 0.1) is 5.92 Å². The molecular weight excluding hydrogens is 294 g/mol. The van der Waals surface area contributed by atoms with E-state index in [0.717, 1.165) is 31.6 Å². The molecule has 1 unspecified atom stereocenters. The SMILES string of the molecule is COc1ncccc1NCC1CCCN(C(=O)OC(C)(C)C)C1. The van der Waals surface area contributed by atoms with Crippen molar-refractivity contribution in [3.8, 4) is 5.88 Å². The van der Waals surface area contributed by atoms with Crippen molar-refractivity contribution in [1.82, 2.24) is 9.88 Å². The van der Waals surface area contributed by atoms with Crippen LogP contribution < -0.4 is 10.1 Å². The summed E-state index contributed by atoms with van der Waals surface area (Å²) in [5, 5.41) is 3.38. The Morgan fingerprint density at radius 3 is 2.96 bits per heavy atom. The highest BCUT2D eigenvalue weighted by molar-refractivity contribution is 5.68. The van der Waals surface area contributed by atoms with Crippen LogP contribution in [0.3, 0.4) is 0 Å². The molecule has 1 aliphatic rings. The lowest BCUT2D eigenvalue weighted by atomic mass is 9.98. The zero-order chi connectivity index (χ0) is 16.9. The van der Waals surface area contributed by atoms with Crippen molar-refractivity contribution in [2.24, 2.45) is 5.92 Å². The molecule has 23 heavy (non-hydrogen) atoms. The van der Waals surface area contributed by atoms with Gasteiger partial charge in [0.05, 0.1) is 12.8 Å². The summed E-state index contributed by atoms with van der Waals surface area (Å²) < 4.78 is 10.7. The minimum absolute atomic E-state index is 0.221. The molecule has 1 aromatic heterocycles. The average Bonchev–Trinajstić information content (AvgIpc) is 2.52. The van der Waals surface area contributed by atoms with Crippen LogP contribution in [-0.4, -0.2) is 48.3 Å². The molecular formula is C17H27N3O3. The summed E-state index contributed by atoms with van der Waals surface area (Å²) in [5.74, 6) is 0.980. The van der Waals surface area contributed by atoms with Crippen molar-refractivity contribution < 1.29 is 14.3 Å². The molecule has 1 amide bonds. The minimum atomic E-state index is -0.453. The van der Waals surface area contributed by atoms with E-state index in [1.165, 1.54) is 0 Å². The second-order valence-electron chi connectivity index (χ2n) is 6.88. The quantitative estimate of drug-likeness (QED) is 0.923. The summed E-state index contributed by atoms with van der Waals surface area (Å²) >= 11 is 0. The van der Waals surface area contributed by atoms with Gasteiger partial charge in [0.25, 0.3) is 0 Å². The highest BCUT2D eigenvalue weighted by Gasteiger charge is 2.27. The normalized spacial score (nSPS) is 18.4. The Morgan fingerprint density at radius 1 is 1.48 bits per heavy atom. The second kappa shape index (κ2) is 7.53.